The van der Waals surface area contributed by atoms with Gasteiger partial charge in [-0.25, -0.2) is 4.79 Å². The van der Waals surface area contributed by atoms with Crippen LogP contribution >= 0.6 is 0 Å². The van der Waals surface area contributed by atoms with Gasteiger partial charge in [0.1, 0.15) is 0 Å². The summed E-state index contributed by atoms with van der Waals surface area (Å²) in [6.07, 6.45) is 5.89. The Labute approximate surface area is 112 Å². The van der Waals surface area contributed by atoms with Crippen molar-refractivity contribution in [3.63, 3.8) is 0 Å². The molecule has 2 aromatic rings. The van der Waals surface area contributed by atoms with Crippen molar-refractivity contribution < 1.29 is 4.79 Å². The predicted molar refractivity (Wildman–Crippen MR) is 73.7 cm³/mol. The molecule has 1 heterocycles. The minimum absolute atomic E-state index is 0.349. The molecule has 1 aromatic heterocycles. The number of hydrogen-bond donors (Lipinski definition) is 0. The molecule has 0 spiro atoms. The summed E-state index contributed by atoms with van der Waals surface area (Å²) in [6.45, 7) is 2.01. The largest absolute Gasteiger partial charge is 0.268 e. The van der Waals surface area contributed by atoms with Gasteiger partial charge in [0, 0.05) is 12.4 Å². The van der Waals surface area contributed by atoms with Gasteiger partial charge in [-0.1, -0.05) is 18.9 Å². The molecule has 1 aliphatic rings. The normalized spacial score (nSPS) is 17.6. The van der Waals surface area contributed by atoms with E-state index in [0.29, 0.717) is 0 Å². The fourth-order valence-electron chi connectivity index (χ4n) is 3.24. The molecule has 0 saturated heterocycles. The maximum Gasteiger partial charge on any atom is 0.235 e. The number of isocyanates is 1. The lowest BCUT2D eigenvalue weighted by molar-refractivity contribution is 0.456. The Morgan fingerprint density at radius 3 is 2.79 bits per heavy atom. The number of rotatable bonds is 2. The zero-order valence-electron chi connectivity index (χ0n) is 11.3. The first-order valence-electron chi connectivity index (χ1n) is 6.69. The van der Waals surface area contributed by atoms with Crippen LogP contribution in [0.25, 0.3) is 10.9 Å². The Hall–Kier alpha value is -1.93. The first-order chi connectivity index (χ1) is 9.16. The van der Waals surface area contributed by atoms with Crippen molar-refractivity contribution >= 4 is 17.0 Å². The fourth-order valence-corrected chi connectivity index (χ4v) is 3.24. The van der Waals surface area contributed by atoms with E-state index < -0.39 is 0 Å². The maximum atomic E-state index is 10.8. The van der Waals surface area contributed by atoms with E-state index in [9.17, 15) is 4.79 Å². The zero-order valence-corrected chi connectivity index (χ0v) is 11.3. The Morgan fingerprint density at radius 1 is 1.37 bits per heavy atom. The van der Waals surface area contributed by atoms with Crippen molar-refractivity contribution in [1.29, 1.82) is 0 Å². The second-order valence-corrected chi connectivity index (χ2v) is 5.38. The van der Waals surface area contributed by atoms with E-state index in [-0.39, 0.29) is 5.54 Å². The standard InChI is InChI=1S/C15H17N3O/c1-11-13-9-12(5-6-14(13)18(2)17-11)15(16-10-19)7-3-4-8-15/h5-6,9H,3-4,7-8H2,1-2H3. The first kappa shape index (κ1) is 12.1. The van der Waals surface area contributed by atoms with Gasteiger partial charge in [0.25, 0.3) is 0 Å². The van der Waals surface area contributed by atoms with Crippen molar-refractivity contribution in [2.75, 3.05) is 0 Å². The van der Waals surface area contributed by atoms with E-state index >= 15 is 0 Å². The monoisotopic (exact) mass is 255 g/mol. The summed E-state index contributed by atoms with van der Waals surface area (Å²) in [5.41, 5.74) is 2.90. The highest BCUT2D eigenvalue weighted by Gasteiger charge is 2.35. The molecule has 0 atom stereocenters. The molecule has 4 nitrogen and oxygen atoms in total. The molecule has 3 rings (SSSR count). The van der Waals surface area contributed by atoms with Crippen LogP contribution in [-0.4, -0.2) is 15.9 Å². The van der Waals surface area contributed by atoms with Crippen LogP contribution < -0.4 is 0 Å². The Bertz CT molecular complexity index is 674. The average Bonchev–Trinajstić information content (AvgIpc) is 2.97. The first-order valence-corrected chi connectivity index (χ1v) is 6.69. The number of carbonyl (C=O) groups excluding carboxylic acids is 1. The van der Waals surface area contributed by atoms with Gasteiger partial charge >= 0.3 is 0 Å². The summed E-state index contributed by atoms with van der Waals surface area (Å²) >= 11 is 0. The molecular formula is C15H17N3O. The lowest BCUT2D eigenvalue weighted by Gasteiger charge is -2.22. The second-order valence-electron chi connectivity index (χ2n) is 5.38. The van der Waals surface area contributed by atoms with Crippen LogP contribution in [0.1, 0.15) is 36.9 Å². The smallest absolute Gasteiger partial charge is 0.235 e. The number of nitrogens with zero attached hydrogens (tertiary/aromatic N) is 3. The number of aliphatic imine (C=N–C) groups is 1. The summed E-state index contributed by atoms with van der Waals surface area (Å²) in [5.74, 6) is 0. The van der Waals surface area contributed by atoms with Crippen LogP contribution in [0.5, 0.6) is 0 Å². The summed E-state index contributed by atoms with van der Waals surface area (Å²) in [7, 11) is 1.95. The number of aromatic nitrogens is 2. The number of benzene rings is 1. The van der Waals surface area contributed by atoms with E-state index in [0.717, 1.165) is 47.8 Å². The third-order valence-corrected chi connectivity index (χ3v) is 4.26. The molecule has 0 aliphatic heterocycles. The van der Waals surface area contributed by atoms with Crippen LogP contribution in [0.3, 0.4) is 0 Å². The second kappa shape index (κ2) is 4.32. The minimum atomic E-state index is -0.349. The van der Waals surface area contributed by atoms with Crippen molar-refractivity contribution in [1.82, 2.24) is 9.78 Å². The van der Waals surface area contributed by atoms with Crippen LogP contribution in [0.4, 0.5) is 0 Å². The summed E-state index contributed by atoms with van der Waals surface area (Å²) in [4.78, 5) is 14.9. The molecule has 4 heteroatoms. The Kier molecular flexibility index (Phi) is 2.76. The Morgan fingerprint density at radius 2 is 2.11 bits per heavy atom. The van der Waals surface area contributed by atoms with Crippen LogP contribution in [-0.2, 0) is 17.4 Å². The molecule has 0 unspecified atom stereocenters. The van der Waals surface area contributed by atoms with Crippen molar-refractivity contribution in [2.24, 2.45) is 12.0 Å². The van der Waals surface area contributed by atoms with Crippen LogP contribution in [0, 0.1) is 6.92 Å². The molecule has 0 amide bonds. The van der Waals surface area contributed by atoms with Gasteiger partial charge < -0.3 is 0 Å². The van der Waals surface area contributed by atoms with Crippen molar-refractivity contribution in [3.05, 3.63) is 29.5 Å². The van der Waals surface area contributed by atoms with E-state index in [1.807, 2.05) is 18.7 Å². The molecule has 0 N–H and O–H groups in total. The summed E-state index contributed by atoms with van der Waals surface area (Å²) in [6, 6.07) is 6.30. The fraction of sp³-hybridized carbons (Fsp3) is 0.467. The van der Waals surface area contributed by atoms with Gasteiger partial charge in [-0.3, -0.25) is 4.68 Å². The molecule has 98 valence electrons. The molecule has 0 bridgehead atoms. The van der Waals surface area contributed by atoms with Crippen LogP contribution in [0.15, 0.2) is 23.2 Å². The zero-order chi connectivity index (χ0) is 13.5. The Balaban J connectivity index is 2.19. The van der Waals surface area contributed by atoms with Crippen molar-refractivity contribution in [3.8, 4) is 0 Å². The molecule has 0 radical (unpaired) electrons. The highest BCUT2D eigenvalue weighted by molar-refractivity contribution is 5.82. The maximum absolute atomic E-state index is 10.8. The van der Waals surface area contributed by atoms with Gasteiger partial charge in [-0.15, -0.1) is 0 Å². The van der Waals surface area contributed by atoms with Gasteiger partial charge in [0.05, 0.1) is 16.7 Å². The molecule has 19 heavy (non-hydrogen) atoms. The van der Waals surface area contributed by atoms with Crippen molar-refractivity contribution in [2.45, 2.75) is 38.1 Å². The predicted octanol–water partition coefficient (Wildman–Crippen LogP) is 2.99. The van der Waals surface area contributed by atoms with Crippen LogP contribution in [0.2, 0.25) is 0 Å². The summed E-state index contributed by atoms with van der Waals surface area (Å²) in [5, 5.41) is 5.58. The number of hydrogen-bond acceptors (Lipinski definition) is 3. The molecule has 1 fully saturated rings. The minimum Gasteiger partial charge on any atom is -0.268 e. The number of aryl methyl sites for hydroxylation is 2. The molecule has 1 aromatic carbocycles. The lowest BCUT2D eigenvalue weighted by atomic mass is 9.88. The molecule has 1 saturated carbocycles. The van der Waals surface area contributed by atoms with E-state index in [4.69, 9.17) is 0 Å². The summed E-state index contributed by atoms with van der Waals surface area (Å²) < 4.78 is 1.89. The SMILES string of the molecule is Cc1nn(C)c2ccc(C3(N=C=O)CCCC3)cc12. The number of fused-ring (bicyclic) bond motifs is 1. The van der Waals surface area contributed by atoms with E-state index in [1.54, 1.807) is 6.08 Å². The third-order valence-electron chi connectivity index (χ3n) is 4.26. The topological polar surface area (TPSA) is 47.2 Å². The van der Waals surface area contributed by atoms with E-state index in [1.165, 1.54) is 0 Å². The van der Waals surface area contributed by atoms with Gasteiger partial charge in [-0.05, 0) is 37.5 Å². The quantitative estimate of drug-likeness (QED) is 0.611. The highest BCUT2D eigenvalue weighted by Crippen LogP contribution is 2.42. The average molecular weight is 255 g/mol. The third kappa shape index (κ3) is 1.80. The lowest BCUT2D eigenvalue weighted by Crippen LogP contribution is -2.18. The van der Waals surface area contributed by atoms with Gasteiger partial charge in [-0.2, -0.15) is 10.1 Å². The van der Waals surface area contributed by atoms with Gasteiger partial charge in [0.15, 0.2) is 0 Å². The van der Waals surface area contributed by atoms with E-state index in [2.05, 4.69) is 28.3 Å². The van der Waals surface area contributed by atoms with Gasteiger partial charge in [0.2, 0.25) is 6.08 Å². The molecular weight excluding hydrogens is 238 g/mol. The molecule has 1 aliphatic carbocycles. The highest BCUT2D eigenvalue weighted by atomic mass is 16.1.